The number of hydrogen-bond donors (Lipinski definition) is 1. The summed E-state index contributed by atoms with van der Waals surface area (Å²) in [4.78, 5) is 14.0. The van der Waals surface area contributed by atoms with Gasteiger partial charge in [0.15, 0.2) is 8.32 Å². The number of aliphatic hydroxyl groups is 1. The summed E-state index contributed by atoms with van der Waals surface area (Å²) in [6, 6.07) is 9.04. The Hall–Kier alpha value is -1.63. The largest absolute Gasteiger partial charge is 0.445 e. The number of ether oxygens (including phenoxy) is 1. The molecule has 0 heterocycles. The Morgan fingerprint density at radius 2 is 1.92 bits per heavy atom. The summed E-state index contributed by atoms with van der Waals surface area (Å²) in [7, 11) is -1.97. The highest BCUT2D eigenvalue weighted by atomic mass is 28.4. The van der Waals surface area contributed by atoms with Crippen LogP contribution in [0.4, 0.5) is 4.79 Å². The van der Waals surface area contributed by atoms with Crippen molar-refractivity contribution >= 4 is 14.4 Å². The van der Waals surface area contributed by atoms with Gasteiger partial charge in [-0.2, -0.15) is 0 Å². The van der Waals surface area contributed by atoms with E-state index in [9.17, 15) is 9.90 Å². The Morgan fingerprint density at radius 3 is 2.42 bits per heavy atom. The average Bonchev–Trinajstić information content (AvgIpc) is 2.59. The minimum atomic E-state index is -1.97. The third kappa shape index (κ3) is 6.59. The van der Waals surface area contributed by atoms with E-state index in [-0.39, 0.29) is 24.9 Å². The fourth-order valence-electron chi connectivity index (χ4n) is 2.08. The Labute approximate surface area is 158 Å². The monoisotopic (exact) mass is 379 g/mol. The summed E-state index contributed by atoms with van der Waals surface area (Å²) in [5.41, 5.74) is 0.914. The summed E-state index contributed by atoms with van der Waals surface area (Å²) < 4.78 is 11.6. The van der Waals surface area contributed by atoms with Crippen LogP contribution >= 0.6 is 0 Å². The van der Waals surface area contributed by atoms with Gasteiger partial charge in [-0.05, 0) is 23.7 Å². The first-order valence-corrected chi connectivity index (χ1v) is 11.9. The fourth-order valence-corrected chi connectivity index (χ4v) is 3.12. The topological polar surface area (TPSA) is 59.0 Å². The number of nitrogens with zero attached hydrogens (tertiary/aromatic N) is 1. The zero-order chi connectivity index (χ0) is 19.8. The summed E-state index contributed by atoms with van der Waals surface area (Å²) in [5, 5.41) is 9.87. The van der Waals surface area contributed by atoms with E-state index in [0.29, 0.717) is 6.54 Å². The van der Waals surface area contributed by atoms with Crippen LogP contribution in [0.3, 0.4) is 0 Å². The van der Waals surface area contributed by atoms with Gasteiger partial charge in [0.1, 0.15) is 6.61 Å². The Morgan fingerprint density at radius 1 is 1.31 bits per heavy atom. The van der Waals surface area contributed by atoms with Gasteiger partial charge in [-0.25, -0.2) is 4.79 Å². The van der Waals surface area contributed by atoms with Gasteiger partial charge in [0.05, 0.1) is 19.3 Å². The molecule has 0 fully saturated rings. The van der Waals surface area contributed by atoms with Crippen LogP contribution in [0.25, 0.3) is 0 Å². The predicted octanol–water partition coefficient (Wildman–Crippen LogP) is 4.19. The molecule has 0 saturated carbocycles. The molecule has 0 saturated heterocycles. The molecule has 1 aromatic rings. The van der Waals surface area contributed by atoms with E-state index in [0.717, 1.165) is 5.56 Å². The molecule has 1 aromatic carbocycles. The highest BCUT2D eigenvalue weighted by Gasteiger charge is 2.38. The van der Waals surface area contributed by atoms with Crippen molar-refractivity contribution in [2.24, 2.45) is 0 Å². The Kier molecular flexibility index (Phi) is 8.53. The van der Waals surface area contributed by atoms with Crippen molar-refractivity contribution in [2.75, 3.05) is 19.8 Å². The lowest BCUT2D eigenvalue weighted by Crippen LogP contribution is -2.49. The molecule has 1 rings (SSSR count). The zero-order valence-electron chi connectivity index (χ0n) is 16.7. The molecule has 0 aliphatic heterocycles. The van der Waals surface area contributed by atoms with E-state index >= 15 is 0 Å². The maximum absolute atomic E-state index is 12.5. The second-order valence-electron chi connectivity index (χ2n) is 7.89. The van der Waals surface area contributed by atoms with E-state index in [4.69, 9.17) is 9.16 Å². The second kappa shape index (κ2) is 9.90. The predicted molar refractivity (Wildman–Crippen MR) is 108 cm³/mol. The molecule has 0 bridgehead atoms. The quantitative estimate of drug-likeness (QED) is 0.516. The van der Waals surface area contributed by atoms with E-state index in [1.807, 2.05) is 30.3 Å². The third-order valence-corrected chi connectivity index (χ3v) is 9.36. The van der Waals surface area contributed by atoms with Crippen LogP contribution in [0.1, 0.15) is 26.3 Å². The molecule has 0 aromatic heterocycles. The van der Waals surface area contributed by atoms with Crippen LogP contribution in [-0.4, -0.2) is 50.2 Å². The number of aliphatic hydroxyl groups excluding tert-OH is 1. The Balaban J connectivity index is 2.74. The van der Waals surface area contributed by atoms with Gasteiger partial charge < -0.3 is 14.3 Å². The van der Waals surface area contributed by atoms with Gasteiger partial charge in [0, 0.05) is 6.54 Å². The highest BCUT2D eigenvalue weighted by Crippen LogP contribution is 2.36. The van der Waals surface area contributed by atoms with Gasteiger partial charge in [-0.1, -0.05) is 57.2 Å². The molecule has 0 unspecified atom stereocenters. The van der Waals surface area contributed by atoms with Crippen LogP contribution in [-0.2, 0) is 15.8 Å². The first-order valence-electron chi connectivity index (χ1n) is 8.95. The molecule has 146 valence electrons. The van der Waals surface area contributed by atoms with Crippen LogP contribution in [0.15, 0.2) is 43.0 Å². The molecular formula is C20H33NO4Si. The van der Waals surface area contributed by atoms with Crippen molar-refractivity contribution in [1.29, 1.82) is 0 Å². The first kappa shape index (κ1) is 22.4. The molecule has 1 atom stereocenters. The lowest BCUT2D eigenvalue weighted by Gasteiger charge is -2.38. The summed E-state index contributed by atoms with van der Waals surface area (Å²) in [6.07, 6.45) is 1.14. The van der Waals surface area contributed by atoms with Crippen LogP contribution in [0.5, 0.6) is 0 Å². The molecule has 1 N–H and O–H groups in total. The SMILES string of the molecule is C=CCN(C(=O)OCc1ccccc1)[C@@H](CO)CO[Si](C)(C)C(C)(C)C. The van der Waals surface area contributed by atoms with E-state index in [1.165, 1.54) is 4.90 Å². The molecule has 5 nitrogen and oxygen atoms in total. The lowest BCUT2D eigenvalue weighted by atomic mass is 10.2. The molecular weight excluding hydrogens is 346 g/mol. The van der Waals surface area contributed by atoms with Crippen molar-refractivity contribution in [1.82, 2.24) is 4.90 Å². The highest BCUT2D eigenvalue weighted by molar-refractivity contribution is 6.74. The van der Waals surface area contributed by atoms with Gasteiger partial charge in [0.2, 0.25) is 0 Å². The first-order chi connectivity index (χ1) is 12.1. The van der Waals surface area contributed by atoms with Gasteiger partial charge in [-0.3, -0.25) is 4.90 Å². The molecule has 6 heteroatoms. The third-order valence-electron chi connectivity index (χ3n) is 4.86. The van der Waals surface area contributed by atoms with E-state index < -0.39 is 20.5 Å². The number of benzene rings is 1. The van der Waals surface area contributed by atoms with Crippen molar-refractivity contribution in [3.8, 4) is 0 Å². The lowest BCUT2D eigenvalue weighted by molar-refractivity contribution is 0.0515. The van der Waals surface area contributed by atoms with Crippen LogP contribution in [0.2, 0.25) is 18.1 Å². The standard InChI is InChI=1S/C20H33NO4Si/c1-7-13-21(19(23)24-15-17-11-9-8-10-12-17)18(14-22)16-25-26(5,6)20(2,3)4/h7-12,18,22H,1,13-16H2,2-6H3/t18-/m0/s1. The summed E-state index contributed by atoms with van der Waals surface area (Å²) >= 11 is 0. The zero-order valence-corrected chi connectivity index (χ0v) is 17.7. The van der Waals surface area contributed by atoms with Crippen LogP contribution < -0.4 is 0 Å². The van der Waals surface area contributed by atoms with E-state index in [1.54, 1.807) is 6.08 Å². The van der Waals surface area contributed by atoms with Crippen molar-refractivity contribution < 1.29 is 19.1 Å². The number of hydrogen-bond acceptors (Lipinski definition) is 4. The maximum atomic E-state index is 12.5. The van der Waals surface area contributed by atoms with Gasteiger partial charge in [-0.15, -0.1) is 6.58 Å². The Bertz CT molecular complexity index is 569. The van der Waals surface area contributed by atoms with Crippen molar-refractivity contribution in [3.05, 3.63) is 48.6 Å². The molecule has 0 radical (unpaired) electrons. The van der Waals surface area contributed by atoms with E-state index in [2.05, 4.69) is 40.4 Å². The van der Waals surface area contributed by atoms with Crippen molar-refractivity contribution in [2.45, 2.75) is 51.6 Å². The maximum Gasteiger partial charge on any atom is 0.410 e. The van der Waals surface area contributed by atoms with Crippen molar-refractivity contribution in [3.63, 3.8) is 0 Å². The average molecular weight is 380 g/mol. The summed E-state index contributed by atoms with van der Waals surface area (Å²) in [6.45, 7) is 15.0. The number of carbonyl (C=O) groups is 1. The molecule has 0 aliphatic carbocycles. The normalized spacial score (nSPS) is 13.2. The number of rotatable bonds is 9. The number of amides is 1. The molecule has 0 spiro atoms. The molecule has 26 heavy (non-hydrogen) atoms. The minimum Gasteiger partial charge on any atom is -0.445 e. The second-order valence-corrected chi connectivity index (χ2v) is 12.7. The smallest absolute Gasteiger partial charge is 0.410 e. The summed E-state index contributed by atoms with van der Waals surface area (Å²) in [5.74, 6) is 0. The van der Waals surface area contributed by atoms with Crippen LogP contribution in [0, 0.1) is 0 Å². The minimum absolute atomic E-state index is 0.0596. The van der Waals surface area contributed by atoms with Gasteiger partial charge >= 0.3 is 6.09 Å². The molecule has 1 amide bonds. The molecule has 0 aliphatic rings. The number of carbonyl (C=O) groups excluding carboxylic acids is 1. The van der Waals surface area contributed by atoms with Gasteiger partial charge in [0.25, 0.3) is 0 Å². The fraction of sp³-hybridized carbons (Fsp3) is 0.550.